The van der Waals surface area contributed by atoms with Crippen molar-refractivity contribution in [3.05, 3.63) is 36.5 Å². The number of allylic oxidation sites excluding steroid dienone is 5. The molecule has 17 atom stereocenters. The first-order valence-corrected chi connectivity index (χ1v) is 38.7. The predicted octanol–water partition coefficient (Wildman–Crippen LogP) is 11.9. The van der Waals surface area contributed by atoms with Crippen LogP contribution in [0.1, 0.15) is 309 Å². The highest BCUT2D eigenvalue weighted by Gasteiger charge is 2.53. The first kappa shape index (κ1) is 87.2. The van der Waals surface area contributed by atoms with E-state index in [9.17, 15) is 61.0 Å². The molecule has 3 rings (SSSR count). The van der Waals surface area contributed by atoms with Crippen LogP contribution in [-0.2, 0) is 33.2 Å². The molecule has 0 bridgehead atoms. The average Bonchev–Trinajstić information content (AvgIpc) is 0.787. The molecule has 95 heavy (non-hydrogen) atoms. The maximum absolute atomic E-state index is 13.5. The Balaban J connectivity index is 1.40. The summed E-state index contributed by atoms with van der Waals surface area (Å²) < 4.78 is 34.4. The Bertz CT molecular complexity index is 1860. The van der Waals surface area contributed by atoms with E-state index in [4.69, 9.17) is 28.4 Å². The van der Waals surface area contributed by atoms with Crippen molar-refractivity contribution in [1.82, 2.24) is 5.32 Å². The van der Waals surface area contributed by atoms with Crippen molar-refractivity contribution in [3.63, 3.8) is 0 Å². The van der Waals surface area contributed by atoms with Crippen LogP contribution in [0.2, 0.25) is 0 Å². The Morgan fingerprint density at radius 1 is 0.379 bits per heavy atom. The summed E-state index contributed by atoms with van der Waals surface area (Å²) in [5.41, 5.74) is 0. The number of unbranched alkanes of at least 4 members (excludes halogenated alkanes) is 41. The maximum atomic E-state index is 13.5. The first-order chi connectivity index (χ1) is 46.3. The molecule has 3 heterocycles. The van der Waals surface area contributed by atoms with Gasteiger partial charge in [-0.3, -0.25) is 4.79 Å². The summed E-state index contributed by atoms with van der Waals surface area (Å²) in [6.45, 7) is 1.77. The molecule has 0 radical (unpaired) electrons. The summed E-state index contributed by atoms with van der Waals surface area (Å²) in [6, 6.07) is -0.975. The highest BCUT2D eigenvalue weighted by atomic mass is 16.8. The summed E-state index contributed by atoms with van der Waals surface area (Å²) in [5, 5.41) is 121. The minimum atomic E-state index is -1.98. The van der Waals surface area contributed by atoms with Crippen LogP contribution in [0.4, 0.5) is 0 Å². The van der Waals surface area contributed by atoms with Gasteiger partial charge in [-0.15, -0.1) is 0 Å². The SMILES string of the molecule is CCCCCCC/C=C\C/C=C\CCCCCCCCCCCCCC(=O)NC(COC1OC(CO)C(OC2OC(CO)C(OC3OC(CO)C(O)C(O)C3O)C(O)C2O)C(O)C1O)C(O)/C=C/CCCCCCCCCCCCCCCCCCCCCCCCCCC. The van der Waals surface area contributed by atoms with Crippen molar-refractivity contribution < 1.29 is 89.4 Å². The molecule has 12 N–H and O–H groups in total. The number of hydrogen-bond donors (Lipinski definition) is 12. The molecule has 558 valence electrons. The van der Waals surface area contributed by atoms with E-state index in [1.807, 2.05) is 6.08 Å². The number of hydrogen-bond acceptors (Lipinski definition) is 18. The third kappa shape index (κ3) is 38.6. The normalized spacial score (nSPS) is 27.4. The topological polar surface area (TPSA) is 307 Å². The molecule has 3 aliphatic rings. The number of rotatable bonds is 61. The Morgan fingerprint density at radius 3 is 1.07 bits per heavy atom. The second kappa shape index (κ2) is 57.6. The highest BCUT2D eigenvalue weighted by Crippen LogP contribution is 2.33. The van der Waals surface area contributed by atoms with Gasteiger partial charge < -0.3 is 89.9 Å². The van der Waals surface area contributed by atoms with E-state index in [1.54, 1.807) is 6.08 Å². The maximum Gasteiger partial charge on any atom is 0.220 e. The molecule has 3 aliphatic heterocycles. The second-order valence-electron chi connectivity index (χ2n) is 27.8. The third-order valence-corrected chi connectivity index (χ3v) is 19.4. The van der Waals surface area contributed by atoms with E-state index in [0.717, 1.165) is 57.8 Å². The zero-order valence-electron chi connectivity index (χ0n) is 59.4. The molecule has 0 aliphatic carbocycles. The third-order valence-electron chi connectivity index (χ3n) is 19.4. The number of amides is 1. The molecule has 1 amide bonds. The van der Waals surface area contributed by atoms with Crippen LogP contribution < -0.4 is 5.32 Å². The summed E-state index contributed by atoms with van der Waals surface area (Å²) in [5.74, 6) is -0.274. The molecule has 3 saturated heterocycles. The van der Waals surface area contributed by atoms with Gasteiger partial charge in [-0.25, -0.2) is 0 Å². The average molecular weight is 1360 g/mol. The second-order valence-corrected chi connectivity index (χ2v) is 27.8. The van der Waals surface area contributed by atoms with E-state index in [1.165, 1.54) is 225 Å². The summed E-state index contributed by atoms with van der Waals surface area (Å²) >= 11 is 0. The molecule has 19 nitrogen and oxygen atoms in total. The monoisotopic (exact) mass is 1360 g/mol. The molecule has 19 heteroatoms. The molecule has 3 fully saturated rings. The van der Waals surface area contributed by atoms with Gasteiger partial charge in [0.25, 0.3) is 0 Å². The van der Waals surface area contributed by atoms with Crippen molar-refractivity contribution >= 4 is 5.91 Å². The number of carbonyl (C=O) groups excluding carboxylic acids is 1. The van der Waals surface area contributed by atoms with E-state index in [-0.39, 0.29) is 18.9 Å². The Kier molecular flexibility index (Phi) is 52.9. The van der Waals surface area contributed by atoms with Crippen LogP contribution in [-0.4, -0.2) is 193 Å². The largest absolute Gasteiger partial charge is 0.394 e. The van der Waals surface area contributed by atoms with Crippen molar-refractivity contribution in [3.8, 4) is 0 Å². The van der Waals surface area contributed by atoms with Crippen molar-refractivity contribution in [1.29, 1.82) is 0 Å². The molecular formula is C76H141NO18. The minimum absolute atomic E-state index is 0.242. The summed E-state index contributed by atoms with van der Waals surface area (Å²) in [6.07, 6.45) is 42.6. The number of carbonyl (C=O) groups is 1. The first-order valence-electron chi connectivity index (χ1n) is 38.7. The van der Waals surface area contributed by atoms with Gasteiger partial charge in [0, 0.05) is 6.42 Å². The molecular weight excluding hydrogens is 1210 g/mol. The van der Waals surface area contributed by atoms with Gasteiger partial charge >= 0.3 is 0 Å². The fourth-order valence-corrected chi connectivity index (χ4v) is 13.2. The lowest BCUT2D eigenvalue weighted by atomic mass is 9.96. The van der Waals surface area contributed by atoms with E-state index in [0.29, 0.717) is 6.42 Å². The van der Waals surface area contributed by atoms with Gasteiger partial charge in [0.1, 0.15) is 73.2 Å². The number of aliphatic hydroxyl groups excluding tert-OH is 11. The van der Waals surface area contributed by atoms with Crippen molar-refractivity contribution in [2.45, 2.75) is 413 Å². The number of aliphatic hydroxyl groups is 11. The predicted molar refractivity (Wildman–Crippen MR) is 374 cm³/mol. The van der Waals surface area contributed by atoms with Gasteiger partial charge in [0.2, 0.25) is 5.91 Å². The van der Waals surface area contributed by atoms with Crippen LogP contribution in [0.3, 0.4) is 0 Å². The standard InChI is InChI=1S/C76H141NO18/c1-3-5-7-9-11-13-15-17-19-21-23-25-27-28-29-30-32-33-35-37-39-41-43-45-47-49-51-53-60(81)59(77-64(82)54-52-50-48-46-44-42-40-38-36-34-31-26-24-22-20-18-16-14-12-10-8-6-4-2)58-90-74-70(88)67(85)72(62(56-79)92-74)95-76-71(89)68(86)73(63(57-80)93-76)94-75-69(87)66(84)65(83)61(55-78)91-75/h16,18,22,24,51,53,59-63,65-76,78-81,83-89H,3-15,17,19-21,23,25-50,52,54-58H2,1-2H3,(H,77,82)/b18-16-,24-22-,53-51+. The lowest BCUT2D eigenvalue weighted by Crippen LogP contribution is -2.66. The van der Waals surface area contributed by atoms with Crippen molar-refractivity contribution in [2.75, 3.05) is 26.4 Å². The molecule has 17 unspecified atom stereocenters. The molecule has 0 aromatic carbocycles. The van der Waals surface area contributed by atoms with E-state index < -0.39 is 124 Å². The van der Waals surface area contributed by atoms with Gasteiger partial charge in [0.05, 0.1) is 38.6 Å². The lowest BCUT2D eigenvalue weighted by molar-refractivity contribution is -0.379. The molecule has 0 saturated carbocycles. The fraction of sp³-hybridized carbons (Fsp3) is 0.908. The zero-order chi connectivity index (χ0) is 68.9. The molecule has 0 aromatic rings. The highest BCUT2D eigenvalue weighted by molar-refractivity contribution is 5.76. The Hall–Kier alpha value is -1.99. The van der Waals surface area contributed by atoms with Gasteiger partial charge in [-0.05, 0) is 51.4 Å². The van der Waals surface area contributed by atoms with Crippen LogP contribution in [0.15, 0.2) is 36.5 Å². The fourth-order valence-electron chi connectivity index (χ4n) is 13.2. The number of nitrogens with one attached hydrogen (secondary N) is 1. The summed E-state index contributed by atoms with van der Waals surface area (Å²) in [7, 11) is 0. The Labute approximate surface area is 574 Å². The van der Waals surface area contributed by atoms with Crippen LogP contribution in [0.25, 0.3) is 0 Å². The molecule has 0 spiro atoms. The summed E-state index contributed by atoms with van der Waals surface area (Å²) in [4.78, 5) is 13.5. The lowest BCUT2D eigenvalue weighted by Gasteiger charge is -2.48. The van der Waals surface area contributed by atoms with Crippen LogP contribution in [0.5, 0.6) is 0 Å². The van der Waals surface area contributed by atoms with Crippen LogP contribution in [0, 0.1) is 0 Å². The Morgan fingerprint density at radius 2 is 0.695 bits per heavy atom. The quantitative estimate of drug-likeness (QED) is 0.0199. The smallest absolute Gasteiger partial charge is 0.220 e. The van der Waals surface area contributed by atoms with Gasteiger partial charge in [-0.2, -0.15) is 0 Å². The van der Waals surface area contributed by atoms with Gasteiger partial charge in [-0.1, -0.05) is 288 Å². The van der Waals surface area contributed by atoms with E-state index in [2.05, 4.69) is 43.5 Å². The van der Waals surface area contributed by atoms with Crippen molar-refractivity contribution in [2.24, 2.45) is 0 Å². The minimum Gasteiger partial charge on any atom is -0.394 e. The van der Waals surface area contributed by atoms with Gasteiger partial charge in [0.15, 0.2) is 18.9 Å². The van der Waals surface area contributed by atoms with Crippen LogP contribution >= 0.6 is 0 Å². The molecule has 0 aromatic heterocycles. The number of ether oxygens (including phenoxy) is 6. The zero-order valence-corrected chi connectivity index (χ0v) is 59.4. The van der Waals surface area contributed by atoms with E-state index >= 15 is 0 Å².